The van der Waals surface area contributed by atoms with E-state index in [0.717, 1.165) is 0 Å². The number of nitrogens with zero attached hydrogens (tertiary/aromatic N) is 3. The molecule has 2 unspecified atom stereocenters. The molecule has 1 aromatic heterocycles. The van der Waals surface area contributed by atoms with Crippen LogP contribution in [0.3, 0.4) is 0 Å². The summed E-state index contributed by atoms with van der Waals surface area (Å²) in [6, 6.07) is 5.80. The van der Waals surface area contributed by atoms with Gasteiger partial charge in [0, 0.05) is 31.6 Å². The number of esters is 1. The Labute approximate surface area is 214 Å². The van der Waals surface area contributed by atoms with Gasteiger partial charge in [-0.1, -0.05) is 18.2 Å². The van der Waals surface area contributed by atoms with E-state index in [2.05, 4.69) is 5.32 Å². The molecular weight excluding hydrogens is 480 g/mol. The van der Waals surface area contributed by atoms with Crippen LogP contribution in [0.25, 0.3) is 10.9 Å². The smallest absolute Gasteiger partial charge is 0.326 e. The number of rotatable bonds is 5. The highest BCUT2D eigenvalue weighted by atomic mass is 16.6. The van der Waals surface area contributed by atoms with Crippen LogP contribution in [0.15, 0.2) is 29.1 Å². The van der Waals surface area contributed by atoms with E-state index in [9.17, 15) is 24.3 Å². The maximum atomic E-state index is 13.6. The van der Waals surface area contributed by atoms with Crippen molar-refractivity contribution >= 4 is 34.4 Å². The van der Waals surface area contributed by atoms with E-state index in [-0.39, 0.29) is 24.1 Å². The molecule has 3 N–H and O–H groups in total. The van der Waals surface area contributed by atoms with Gasteiger partial charge in [0.25, 0.3) is 5.56 Å². The van der Waals surface area contributed by atoms with Crippen LogP contribution in [-0.4, -0.2) is 81.9 Å². The lowest BCUT2D eigenvalue weighted by Gasteiger charge is -2.33. The van der Waals surface area contributed by atoms with Crippen LogP contribution < -0.4 is 15.8 Å². The SMILES string of the molecule is CN1c2c(c(=O)n(CC(=O)OC(C)(C)C)c3ccccc23)C(O)C1C(=O)NC1CCN(C(=O)CO)CC1. The molecule has 11 heteroatoms. The number of para-hydroxylation sites is 1. The lowest BCUT2D eigenvalue weighted by molar-refractivity contribution is -0.155. The summed E-state index contributed by atoms with van der Waals surface area (Å²) in [5, 5.41) is 23.9. The summed E-state index contributed by atoms with van der Waals surface area (Å²) in [5.74, 6) is -1.36. The number of benzene rings is 1. The van der Waals surface area contributed by atoms with Gasteiger partial charge in [-0.2, -0.15) is 0 Å². The molecule has 1 aromatic carbocycles. The number of likely N-dealkylation sites (N-methyl/N-ethyl adjacent to an activating group) is 1. The maximum Gasteiger partial charge on any atom is 0.326 e. The van der Waals surface area contributed by atoms with E-state index >= 15 is 0 Å². The van der Waals surface area contributed by atoms with Crippen LogP contribution in [0.5, 0.6) is 0 Å². The molecular formula is C26H34N4O7. The monoisotopic (exact) mass is 514 g/mol. The highest BCUT2D eigenvalue weighted by Gasteiger charge is 2.44. The normalized spacial score (nSPS) is 20.2. The molecule has 0 saturated carbocycles. The van der Waals surface area contributed by atoms with Gasteiger partial charge in [-0.3, -0.25) is 23.7 Å². The van der Waals surface area contributed by atoms with Crippen LogP contribution >= 0.6 is 0 Å². The Kier molecular flexibility index (Phi) is 7.29. The second kappa shape index (κ2) is 10.1. The van der Waals surface area contributed by atoms with Gasteiger partial charge in [0.05, 0.1) is 16.8 Å². The number of aliphatic hydroxyl groups excluding tert-OH is 2. The third-order valence-corrected chi connectivity index (χ3v) is 6.85. The average molecular weight is 515 g/mol. The minimum absolute atomic E-state index is 0.0632. The van der Waals surface area contributed by atoms with Crippen LogP contribution in [0.1, 0.15) is 45.3 Å². The van der Waals surface area contributed by atoms with E-state index in [4.69, 9.17) is 9.84 Å². The number of fused-ring (bicyclic) bond motifs is 3. The van der Waals surface area contributed by atoms with Gasteiger partial charge in [-0.05, 0) is 39.7 Å². The number of piperidine rings is 1. The molecule has 3 heterocycles. The van der Waals surface area contributed by atoms with E-state index in [0.29, 0.717) is 42.5 Å². The molecule has 0 aliphatic carbocycles. The van der Waals surface area contributed by atoms with Gasteiger partial charge in [-0.25, -0.2) is 0 Å². The summed E-state index contributed by atoms with van der Waals surface area (Å²) in [6.45, 7) is 5.16. The van der Waals surface area contributed by atoms with Crippen molar-refractivity contribution in [2.75, 3.05) is 31.6 Å². The number of hydrogen-bond acceptors (Lipinski definition) is 8. The molecule has 0 radical (unpaired) electrons. The largest absolute Gasteiger partial charge is 0.459 e. The fourth-order valence-corrected chi connectivity index (χ4v) is 5.20. The Morgan fingerprint density at radius 1 is 1.14 bits per heavy atom. The van der Waals surface area contributed by atoms with Crippen molar-refractivity contribution in [1.82, 2.24) is 14.8 Å². The van der Waals surface area contributed by atoms with E-state index in [1.807, 2.05) is 0 Å². The van der Waals surface area contributed by atoms with Crippen molar-refractivity contribution in [1.29, 1.82) is 0 Å². The predicted molar refractivity (Wildman–Crippen MR) is 136 cm³/mol. The minimum atomic E-state index is -1.40. The standard InChI is InChI=1S/C26H34N4O7/c1-26(2,3)37-19(33)13-30-17-8-6-5-7-16(17)21-20(25(30)36)23(34)22(28(21)4)24(35)27-15-9-11-29(12-10-15)18(32)14-31/h5-8,15,22-23,31,34H,9-14H2,1-4H3,(H,27,35). The molecule has 2 aliphatic heterocycles. The molecule has 11 nitrogen and oxygen atoms in total. The molecule has 2 atom stereocenters. The Morgan fingerprint density at radius 2 is 1.78 bits per heavy atom. The number of hydrogen-bond donors (Lipinski definition) is 3. The summed E-state index contributed by atoms with van der Waals surface area (Å²) in [4.78, 5) is 54.4. The molecule has 1 fully saturated rings. The van der Waals surface area contributed by atoms with Gasteiger partial charge in [0.15, 0.2) is 0 Å². The summed E-state index contributed by atoms with van der Waals surface area (Å²) in [7, 11) is 1.66. The number of carbonyl (C=O) groups is 3. The second-order valence-electron chi connectivity index (χ2n) is 10.6. The van der Waals surface area contributed by atoms with Crippen LogP contribution in [0, 0.1) is 0 Å². The first-order valence-electron chi connectivity index (χ1n) is 12.4. The number of aromatic nitrogens is 1. The zero-order chi connectivity index (χ0) is 27.1. The number of aliphatic hydroxyl groups is 2. The number of pyridine rings is 1. The van der Waals surface area contributed by atoms with Gasteiger partial charge in [-0.15, -0.1) is 0 Å². The van der Waals surface area contributed by atoms with Crippen LogP contribution in [0.2, 0.25) is 0 Å². The summed E-state index contributed by atoms with van der Waals surface area (Å²) in [6.07, 6.45) is -0.372. The number of carbonyl (C=O) groups excluding carboxylic acids is 3. The lowest BCUT2D eigenvalue weighted by Crippen LogP contribution is -2.52. The molecule has 0 bridgehead atoms. The topological polar surface area (TPSA) is 141 Å². The quantitative estimate of drug-likeness (QED) is 0.484. The number of anilines is 1. The average Bonchev–Trinajstić information content (AvgIpc) is 3.10. The Balaban J connectivity index is 1.61. The molecule has 4 rings (SSSR count). The van der Waals surface area contributed by atoms with Gasteiger partial charge >= 0.3 is 5.97 Å². The number of likely N-dealkylation sites (tertiary alicyclic amines) is 1. The first-order valence-corrected chi connectivity index (χ1v) is 12.4. The predicted octanol–water partition coefficient (Wildman–Crippen LogP) is 0.295. The molecule has 2 amide bonds. The third kappa shape index (κ3) is 5.19. The fraction of sp³-hybridized carbons (Fsp3) is 0.538. The summed E-state index contributed by atoms with van der Waals surface area (Å²) < 4.78 is 6.70. The number of amides is 2. The van der Waals surface area contributed by atoms with Gasteiger partial charge in [0.2, 0.25) is 11.8 Å². The maximum absolute atomic E-state index is 13.6. The molecule has 1 saturated heterocycles. The van der Waals surface area contributed by atoms with E-state index < -0.39 is 41.8 Å². The summed E-state index contributed by atoms with van der Waals surface area (Å²) >= 11 is 0. The Hall–Kier alpha value is -3.44. The zero-order valence-electron chi connectivity index (χ0n) is 21.6. The first kappa shape index (κ1) is 26.6. The van der Waals surface area contributed by atoms with E-state index in [1.54, 1.807) is 61.9 Å². The Bertz CT molecular complexity index is 1270. The minimum Gasteiger partial charge on any atom is -0.459 e. The summed E-state index contributed by atoms with van der Waals surface area (Å²) in [5.41, 5.74) is -0.258. The highest BCUT2D eigenvalue weighted by molar-refractivity contribution is 6.00. The Morgan fingerprint density at radius 3 is 2.41 bits per heavy atom. The zero-order valence-corrected chi connectivity index (χ0v) is 21.6. The van der Waals surface area contributed by atoms with Crippen molar-refractivity contribution < 1.29 is 29.3 Å². The van der Waals surface area contributed by atoms with Crippen molar-refractivity contribution in [3.05, 3.63) is 40.2 Å². The van der Waals surface area contributed by atoms with Crippen LogP contribution in [-0.2, 0) is 25.7 Å². The van der Waals surface area contributed by atoms with Crippen molar-refractivity contribution in [2.45, 2.75) is 63.9 Å². The van der Waals surface area contributed by atoms with Crippen molar-refractivity contribution in [3.63, 3.8) is 0 Å². The number of ether oxygens (including phenoxy) is 1. The van der Waals surface area contributed by atoms with E-state index in [1.165, 1.54) is 4.57 Å². The third-order valence-electron chi connectivity index (χ3n) is 6.85. The van der Waals surface area contributed by atoms with Crippen molar-refractivity contribution in [2.24, 2.45) is 0 Å². The van der Waals surface area contributed by atoms with Crippen LogP contribution in [0.4, 0.5) is 5.69 Å². The molecule has 2 aliphatic rings. The molecule has 200 valence electrons. The lowest BCUT2D eigenvalue weighted by atomic mass is 10.0. The molecule has 37 heavy (non-hydrogen) atoms. The first-order chi connectivity index (χ1) is 17.4. The fourth-order valence-electron chi connectivity index (χ4n) is 5.20. The molecule has 2 aromatic rings. The second-order valence-corrected chi connectivity index (χ2v) is 10.6. The number of nitrogens with one attached hydrogen (secondary N) is 1. The highest BCUT2D eigenvalue weighted by Crippen LogP contribution is 2.41. The molecule has 0 spiro atoms. The van der Waals surface area contributed by atoms with Gasteiger partial charge in [0.1, 0.15) is 30.9 Å². The van der Waals surface area contributed by atoms with Gasteiger partial charge < -0.3 is 30.1 Å². The van der Waals surface area contributed by atoms with Crippen molar-refractivity contribution in [3.8, 4) is 0 Å².